The summed E-state index contributed by atoms with van der Waals surface area (Å²) < 4.78 is 25.0. The largest absolute Gasteiger partial charge is 0.540 e. The van der Waals surface area contributed by atoms with Gasteiger partial charge in [-0.3, -0.25) is 4.79 Å². The van der Waals surface area contributed by atoms with Crippen molar-refractivity contribution in [1.82, 2.24) is 9.80 Å². The molecule has 1 amide bonds. The number of rotatable bonds is 8. The SMILES string of the molecule is COC1=NC(NC(=O)c2ccc(Cl)cc2Cl)=C(C(=O)[O-])[N+]1(c1ccc(F)cc1)C(C)(C)COc1ccccc1. The molecule has 39 heavy (non-hydrogen) atoms. The van der Waals surface area contributed by atoms with Crippen LogP contribution < -0.4 is 19.6 Å². The summed E-state index contributed by atoms with van der Waals surface area (Å²) in [5, 5.41) is 15.8. The lowest BCUT2D eigenvalue weighted by atomic mass is 9.96. The number of ether oxygens (including phenoxy) is 2. The number of para-hydroxylation sites is 1. The van der Waals surface area contributed by atoms with Gasteiger partial charge in [0.05, 0.1) is 17.7 Å². The number of nitrogens with one attached hydrogen (secondary N) is 1. The van der Waals surface area contributed by atoms with Crippen LogP contribution in [0.3, 0.4) is 0 Å². The van der Waals surface area contributed by atoms with Crippen molar-refractivity contribution in [3.8, 4) is 5.75 Å². The van der Waals surface area contributed by atoms with Gasteiger partial charge in [0.1, 0.15) is 35.4 Å². The molecule has 0 fully saturated rings. The fraction of sp³-hybridized carbons (Fsp3) is 0.179. The van der Waals surface area contributed by atoms with Gasteiger partial charge >= 0.3 is 6.02 Å². The first kappa shape index (κ1) is 28.1. The minimum Gasteiger partial charge on any atom is -0.540 e. The first-order valence-electron chi connectivity index (χ1n) is 11.7. The maximum Gasteiger partial charge on any atom is 0.411 e. The van der Waals surface area contributed by atoms with E-state index < -0.39 is 33.4 Å². The maximum atomic E-state index is 14.0. The van der Waals surface area contributed by atoms with Crippen LogP contribution in [0.2, 0.25) is 10.0 Å². The second-order valence-corrected chi connectivity index (χ2v) is 10.1. The van der Waals surface area contributed by atoms with Crippen LogP contribution in [0.4, 0.5) is 10.1 Å². The normalized spacial score (nSPS) is 17.0. The highest BCUT2D eigenvalue weighted by Crippen LogP contribution is 2.44. The molecule has 1 atom stereocenters. The van der Waals surface area contributed by atoms with Crippen molar-refractivity contribution in [1.29, 1.82) is 0 Å². The Bertz CT molecular complexity index is 1480. The van der Waals surface area contributed by atoms with Gasteiger partial charge in [0.15, 0.2) is 0 Å². The first-order valence-corrected chi connectivity index (χ1v) is 12.5. The van der Waals surface area contributed by atoms with Crippen LogP contribution >= 0.6 is 23.2 Å². The number of carbonyl (C=O) groups is 2. The summed E-state index contributed by atoms with van der Waals surface area (Å²) in [4.78, 5) is 30.4. The Kier molecular flexibility index (Phi) is 7.96. The van der Waals surface area contributed by atoms with E-state index in [1.165, 1.54) is 49.6 Å². The molecule has 1 aliphatic rings. The Morgan fingerprint density at radius 2 is 1.72 bits per heavy atom. The predicted molar refractivity (Wildman–Crippen MR) is 145 cm³/mol. The Morgan fingerprint density at radius 1 is 1.05 bits per heavy atom. The van der Waals surface area contributed by atoms with Crippen LogP contribution in [0.15, 0.2) is 89.3 Å². The monoisotopic (exact) mass is 571 g/mol. The van der Waals surface area contributed by atoms with E-state index in [9.17, 15) is 19.1 Å². The molecule has 0 bridgehead atoms. The van der Waals surface area contributed by atoms with E-state index in [2.05, 4.69) is 10.3 Å². The van der Waals surface area contributed by atoms with Gasteiger partial charge in [-0.05, 0) is 56.3 Å². The van der Waals surface area contributed by atoms with Crippen molar-refractivity contribution >= 4 is 46.8 Å². The topological polar surface area (TPSA) is 100 Å². The zero-order valence-electron chi connectivity index (χ0n) is 21.2. The lowest BCUT2D eigenvalue weighted by Gasteiger charge is -2.45. The molecule has 0 aromatic heterocycles. The van der Waals surface area contributed by atoms with Crippen LogP contribution in [0.25, 0.3) is 0 Å². The van der Waals surface area contributed by atoms with E-state index in [4.69, 9.17) is 32.7 Å². The number of halogens is 3. The van der Waals surface area contributed by atoms with Gasteiger partial charge in [-0.15, -0.1) is 4.99 Å². The fourth-order valence-electron chi connectivity index (χ4n) is 4.52. The first-order chi connectivity index (χ1) is 18.5. The molecular weight excluding hydrogens is 548 g/mol. The number of quaternary nitrogens is 1. The zero-order valence-corrected chi connectivity index (χ0v) is 22.7. The molecule has 4 rings (SSSR count). The van der Waals surface area contributed by atoms with Crippen molar-refractivity contribution in [2.45, 2.75) is 19.4 Å². The molecule has 0 spiro atoms. The molecule has 11 heteroatoms. The molecule has 0 radical (unpaired) electrons. The van der Waals surface area contributed by atoms with Gasteiger partial charge in [-0.2, -0.15) is 4.48 Å². The summed E-state index contributed by atoms with van der Waals surface area (Å²) >= 11 is 12.1. The maximum absolute atomic E-state index is 14.0. The van der Waals surface area contributed by atoms with E-state index in [0.29, 0.717) is 10.8 Å². The van der Waals surface area contributed by atoms with Gasteiger partial charge < -0.3 is 24.7 Å². The number of benzene rings is 3. The van der Waals surface area contributed by atoms with E-state index in [0.717, 1.165) is 0 Å². The minimum atomic E-state index is -1.64. The Balaban J connectivity index is 1.89. The van der Waals surface area contributed by atoms with Crippen LogP contribution in [-0.4, -0.2) is 37.2 Å². The van der Waals surface area contributed by atoms with Gasteiger partial charge in [-0.25, -0.2) is 4.39 Å². The Morgan fingerprint density at radius 3 is 2.31 bits per heavy atom. The molecule has 3 aromatic rings. The second-order valence-electron chi connectivity index (χ2n) is 9.22. The van der Waals surface area contributed by atoms with Crippen LogP contribution in [-0.2, 0) is 9.53 Å². The molecule has 1 aliphatic heterocycles. The molecular formula is C28H24Cl2FN3O5. The van der Waals surface area contributed by atoms with Gasteiger partial charge in [0.2, 0.25) is 11.5 Å². The highest BCUT2D eigenvalue weighted by atomic mass is 35.5. The number of carboxylic acid groups (broad SMARTS) is 1. The predicted octanol–water partition coefficient (Wildman–Crippen LogP) is 4.66. The number of aliphatic carboxylic acids is 1. The molecule has 1 heterocycles. The average molecular weight is 572 g/mol. The zero-order chi connectivity index (χ0) is 28.4. The van der Waals surface area contributed by atoms with Crippen molar-refractivity contribution in [3.05, 3.63) is 106 Å². The number of hydrogen-bond acceptors (Lipinski definition) is 6. The third-order valence-corrected chi connectivity index (χ3v) is 6.84. The molecule has 0 saturated carbocycles. The van der Waals surface area contributed by atoms with Crippen molar-refractivity contribution in [3.63, 3.8) is 0 Å². The molecule has 1 unspecified atom stereocenters. The summed E-state index contributed by atoms with van der Waals surface area (Å²) in [6.07, 6.45) is 0. The number of aliphatic imine (C=N–C) groups is 1. The van der Waals surface area contributed by atoms with Gasteiger partial charge in [-0.1, -0.05) is 41.4 Å². The number of nitrogens with zero attached hydrogens (tertiary/aromatic N) is 2. The number of amides is 1. The summed E-state index contributed by atoms with van der Waals surface area (Å²) in [6, 6.07) is 18.3. The smallest absolute Gasteiger partial charge is 0.411 e. The number of carboxylic acids is 1. The third kappa shape index (κ3) is 5.21. The number of hydrogen-bond donors (Lipinski definition) is 1. The van der Waals surface area contributed by atoms with E-state index in [1.54, 1.807) is 38.1 Å². The summed E-state index contributed by atoms with van der Waals surface area (Å²) in [7, 11) is 1.32. The summed E-state index contributed by atoms with van der Waals surface area (Å²) in [5.74, 6) is -2.69. The lowest BCUT2D eigenvalue weighted by Crippen LogP contribution is -2.69. The average Bonchev–Trinajstić information content (AvgIpc) is 3.24. The molecule has 0 aliphatic carbocycles. The number of amidine groups is 1. The van der Waals surface area contributed by atoms with E-state index in [-0.39, 0.29) is 34.7 Å². The summed E-state index contributed by atoms with van der Waals surface area (Å²) in [5.41, 5.74) is -1.29. The third-order valence-electron chi connectivity index (χ3n) is 6.29. The molecule has 1 N–H and O–H groups in total. The van der Waals surface area contributed by atoms with Crippen molar-refractivity contribution in [2.75, 3.05) is 13.7 Å². The van der Waals surface area contributed by atoms with Crippen LogP contribution in [0.5, 0.6) is 5.75 Å². The Hall–Kier alpha value is -3.92. The van der Waals surface area contributed by atoms with Crippen LogP contribution in [0.1, 0.15) is 24.2 Å². The molecule has 202 valence electrons. The molecule has 3 aromatic carbocycles. The Labute approximate surface area is 234 Å². The van der Waals surface area contributed by atoms with Crippen molar-refractivity contribution < 1.29 is 28.6 Å². The molecule has 8 nitrogen and oxygen atoms in total. The second kappa shape index (κ2) is 11.1. The summed E-state index contributed by atoms with van der Waals surface area (Å²) in [6.45, 7) is 3.42. The van der Waals surface area contributed by atoms with Gasteiger partial charge in [0.25, 0.3) is 5.91 Å². The minimum absolute atomic E-state index is 0.0406. The molecule has 0 saturated heterocycles. The highest BCUT2D eigenvalue weighted by molar-refractivity contribution is 6.36. The quantitative estimate of drug-likeness (QED) is 0.396. The van der Waals surface area contributed by atoms with Crippen molar-refractivity contribution in [2.24, 2.45) is 4.99 Å². The van der Waals surface area contributed by atoms with E-state index in [1.807, 2.05) is 6.07 Å². The fourth-order valence-corrected chi connectivity index (χ4v) is 5.01. The number of methoxy groups -OCH3 is 1. The lowest BCUT2D eigenvalue weighted by molar-refractivity contribution is -0.301. The number of carbonyl (C=O) groups excluding carboxylic acids is 2. The highest BCUT2D eigenvalue weighted by Gasteiger charge is 2.61. The van der Waals surface area contributed by atoms with Crippen LogP contribution in [0, 0.1) is 5.82 Å². The van der Waals surface area contributed by atoms with Gasteiger partial charge in [0, 0.05) is 17.2 Å². The standard InChI is InChI=1S/C28H24Cl2FN3O5/c1-28(2,16-39-20-7-5-4-6-8-20)34(19-12-10-18(31)11-13-19)23(26(36)37)24(33-27(34)38-3)32-25(35)21-14-9-17(29)15-22(21)30/h4-15H,16H2,1-3H3,(H-,32,35,36,37). The van der Waals surface area contributed by atoms with E-state index >= 15 is 0 Å².